The zero-order chi connectivity index (χ0) is 18.2. The second-order valence-electron chi connectivity index (χ2n) is 5.60. The fourth-order valence-electron chi connectivity index (χ4n) is 2.50. The van der Waals surface area contributed by atoms with Crippen molar-refractivity contribution in [1.29, 1.82) is 0 Å². The highest BCUT2D eigenvalue weighted by Gasteiger charge is 2.12. The Balaban J connectivity index is 2.08. The van der Waals surface area contributed by atoms with Crippen LogP contribution >= 0.6 is 0 Å². The van der Waals surface area contributed by atoms with E-state index < -0.39 is 10.0 Å². The van der Waals surface area contributed by atoms with Crippen LogP contribution in [0.3, 0.4) is 0 Å². The first-order valence-corrected chi connectivity index (χ1v) is 8.87. The number of rotatable bonds is 3. The van der Waals surface area contributed by atoms with E-state index in [9.17, 15) is 13.5 Å². The van der Waals surface area contributed by atoms with Gasteiger partial charge in [-0.1, -0.05) is 6.07 Å². The van der Waals surface area contributed by atoms with E-state index in [0.717, 1.165) is 5.39 Å². The molecule has 0 saturated carbocycles. The highest BCUT2D eigenvalue weighted by Crippen LogP contribution is 2.34. The van der Waals surface area contributed by atoms with Crippen molar-refractivity contribution in [2.75, 3.05) is 5.73 Å². The summed E-state index contributed by atoms with van der Waals surface area (Å²) in [6.45, 7) is 1.65. The molecule has 0 spiro atoms. The van der Waals surface area contributed by atoms with Gasteiger partial charge in [0.15, 0.2) is 0 Å². The van der Waals surface area contributed by atoms with Crippen LogP contribution in [-0.4, -0.2) is 13.5 Å². The number of fused-ring (bicyclic) bond motifs is 1. The number of nitrogens with two attached hydrogens (primary N) is 2. The lowest BCUT2D eigenvalue weighted by Gasteiger charge is -2.06. The molecular weight excluding hydrogens is 340 g/mol. The molecule has 0 radical (unpaired) electrons. The molecule has 3 aromatic rings. The van der Waals surface area contributed by atoms with Gasteiger partial charge in [-0.2, -0.15) is 5.11 Å². The standard InChI is InChI=1S/C17H16N4O3S/c1-10-2-3-11(8-17(10)25(19,23)24)20-21-16-7-6-15(18)13-5-4-12(22)9-14(13)16/h2-9,22H,18H2,1H3,(H2,19,23,24). The average Bonchev–Trinajstić information content (AvgIpc) is 2.54. The predicted octanol–water partition coefficient (Wildman–Crippen LogP) is 3.50. The average molecular weight is 356 g/mol. The third-order valence-electron chi connectivity index (χ3n) is 3.76. The number of nitrogen functional groups attached to an aromatic ring is 1. The van der Waals surface area contributed by atoms with Crippen molar-refractivity contribution < 1.29 is 13.5 Å². The van der Waals surface area contributed by atoms with E-state index in [1.54, 1.807) is 43.3 Å². The molecular formula is C17H16N4O3S. The Kier molecular flexibility index (Phi) is 4.15. The summed E-state index contributed by atoms with van der Waals surface area (Å²) >= 11 is 0. The van der Waals surface area contributed by atoms with E-state index in [0.29, 0.717) is 28.0 Å². The minimum atomic E-state index is -3.84. The lowest BCUT2D eigenvalue weighted by atomic mass is 10.1. The molecule has 0 aliphatic heterocycles. The van der Waals surface area contributed by atoms with E-state index in [1.807, 2.05) is 0 Å². The van der Waals surface area contributed by atoms with Gasteiger partial charge in [-0.05, 0) is 55.0 Å². The second-order valence-corrected chi connectivity index (χ2v) is 7.13. The Labute approximate surface area is 144 Å². The molecule has 7 nitrogen and oxygen atoms in total. The summed E-state index contributed by atoms with van der Waals surface area (Å²) in [6, 6.07) is 12.8. The number of phenols is 1. The maximum atomic E-state index is 11.6. The van der Waals surface area contributed by atoms with E-state index in [2.05, 4.69) is 10.2 Å². The lowest BCUT2D eigenvalue weighted by molar-refractivity contribution is 0.476. The normalized spacial score (nSPS) is 12.1. The molecule has 0 aliphatic rings. The molecule has 0 aliphatic carbocycles. The van der Waals surface area contributed by atoms with E-state index >= 15 is 0 Å². The molecule has 0 aromatic heterocycles. The molecule has 0 unspecified atom stereocenters. The van der Waals surface area contributed by atoms with Gasteiger partial charge < -0.3 is 10.8 Å². The van der Waals surface area contributed by atoms with E-state index in [4.69, 9.17) is 10.9 Å². The van der Waals surface area contributed by atoms with Gasteiger partial charge in [0.25, 0.3) is 0 Å². The van der Waals surface area contributed by atoms with Crippen molar-refractivity contribution >= 4 is 37.9 Å². The summed E-state index contributed by atoms with van der Waals surface area (Å²) in [5.74, 6) is 0.0846. The maximum Gasteiger partial charge on any atom is 0.238 e. The van der Waals surface area contributed by atoms with Crippen molar-refractivity contribution in [2.24, 2.45) is 15.4 Å². The van der Waals surface area contributed by atoms with Crippen LogP contribution in [0, 0.1) is 6.92 Å². The largest absolute Gasteiger partial charge is 0.508 e. The summed E-state index contributed by atoms with van der Waals surface area (Å²) in [6.07, 6.45) is 0. The van der Waals surface area contributed by atoms with Gasteiger partial charge in [0, 0.05) is 16.5 Å². The van der Waals surface area contributed by atoms with Gasteiger partial charge in [-0.3, -0.25) is 0 Å². The van der Waals surface area contributed by atoms with E-state index in [-0.39, 0.29) is 10.6 Å². The Morgan fingerprint density at radius 2 is 1.72 bits per heavy atom. The quantitative estimate of drug-likeness (QED) is 0.489. The number of aromatic hydroxyl groups is 1. The van der Waals surface area contributed by atoms with Crippen molar-refractivity contribution in [3.63, 3.8) is 0 Å². The predicted molar refractivity (Wildman–Crippen MR) is 96.8 cm³/mol. The third kappa shape index (κ3) is 3.44. The monoisotopic (exact) mass is 356 g/mol. The van der Waals surface area contributed by atoms with Crippen LogP contribution in [-0.2, 0) is 10.0 Å². The smallest absolute Gasteiger partial charge is 0.238 e. The molecule has 0 fully saturated rings. The topological polar surface area (TPSA) is 131 Å². The Hall–Kier alpha value is -2.97. The van der Waals surface area contributed by atoms with Gasteiger partial charge in [0.2, 0.25) is 10.0 Å². The number of aryl methyl sites for hydroxylation is 1. The van der Waals surface area contributed by atoms with Crippen molar-refractivity contribution in [3.05, 3.63) is 54.1 Å². The molecule has 3 rings (SSSR count). The van der Waals surface area contributed by atoms with Gasteiger partial charge in [-0.25, -0.2) is 13.6 Å². The number of benzene rings is 3. The van der Waals surface area contributed by atoms with Crippen LogP contribution in [0.15, 0.2) is 63.7 Å². The Bertz CT molecular complexity index is 1110. The van der Waals surface area contributed by atoms with Gasteiger partial charge in [0.05, 0.1) is 16.3 Å². The number of azo groups is 1. The SMILES string of the molecule is Cc1ccc(N=Nc2ccc(N)c3ccc(O)cc23)cc1S(N)(=O)=O. The molecule has 0 atom stereocenters. The van der Waals surface area contributed by atoms with E-state index in [1.165, 1.54) is 12.1 Å². The highest BCUT2D eigenvalue weighted by molar-refractivity contribution is 7.89. The van der Waals surface area contributed by atoms with Gasteiger partial charge >= 0.3 is 0 Å². The molecule has 3 aromatic carbocycles. The van der Waals surface area contributed by atoms with Gasteiger partial charge in [-0.15, -0.1) is 5.11 Å². The van der Waals surface area contributed by atoms with Crippen LogP contribution in [0.4, 0.5) is 17.1 Å². The van der Waals surface area contributed by atoms with Crippen molar-refractivity contribution in [2.45, 2.75) is 11.8 Å². The number of nitrogens with zero attached hydrogens (tertiary/aromatic N) is 2. The summed E-state index contributed by atoms with van der Waals surface area (Å²) in [7, 11) is -3.84. The Morgan fingerprint density at radius 3 is 2.44 bits per heavy atom. The first kappa shape index (κ1) is 16.9. The summed E-state index contributed by atoms with van der Waals surface area (Å²) in [5, 5.41) is 24.5. The molecule has 25 heavy (non-hydrogen) atoms. The highest BCUT2D eigenvalue weighted by atomic mass is 32.2. The molecule has 0 amide bonds. The van der Waals surface area contributed by atoms with Crippen LogP contribution in [0.5, 0.6) is 5.75 Å². The maximum absolute atomic E-state index is 11.6. The Morgan fingerprint density at radius 1 is 0.960 bits per heavy atom. The number of phenolic OH excluding ortho intramolecular Hbond substituents is 1. The minimum Gasteiger partial charge on any atom is -0.508 e. The number of hydrogen-bond donors (Lipinski definition) is 3. The number of primary sulfonamides is 1. The molecule has 0 bridgehead atoms. The first-order chi connectivity index (χ1) is 11.8. The first-order valence-electron chi connectivity index (χ1n) is 7.32. The number of anilines is 1. The van der Waals surface area contributed by atoms with Gasteiger partial charge in [0.1, 0.15) is 5.75 Å². The van der Waals surface area contributed by atoms with Crippen molar-refractivity contribution in [1.82, 2.24) is 0 Å². The van der Waals surface area contributed by atoms with Crippen LogP contribution < -0.4 is 10.9 Å². The van der Waals surface area contributed by atoms with Crippen LogP contribution in [0.1, 0.15) is 5.56 Å². The molecule has 8 heteroatoms. The summed E-state index contributed by atoms with van der Waals surface area (Å²) in [4.78, 5) is 0.00348. The molecule has 0 heterocycles. The third-order valence-corrected chi connectivity index (χ3v) is 4.82. The zero-order valence-electron chi connectivity index (χ0n) is 13.3. The zero-order valence-corrected chi connectivity index (χ0v) is 14.2. The molecule has 0 saturated heterocycles. The van der Waals surface area contributed by atoms with Crippen LogP contribution in [0.2, 0.25) is 0 Å². The summed E-state index contributed by atoms with van der Waals surface area (Å²) < 4.78 is 23.2. The lowest BCUT2D eigenvalue weighted by Crippen LogP contribution is -2.13. The fraction of sp³-hybridized carbons (Fsp3) is 0.0588. The number of hydrogen-bond acceptors (Lipinski definition) is 6. The van der Waals surface area contributed by atoms with Crippen LogP contribution in [0.25, 0.3) is 10.8 Å². The minimum absolute atomic E-state index is 0.00348. The molecule has 5 N–H and O–H groups in total. The molecule has 128 valence electrons. The number of sulfonamides is 1. The summed E-state index contributed by atoms with van der Waals surface area (Å²) in [5.41, 5.74) is 7.87. The fourth-order valence-corrected chi connectivity index (χ4v) is 3.30. The second kappa shape index (κ2) is 6.15. The van der Waals surface area contributed by atoms with Crippen molar-refractivity contribution in [3.8, 4) is 5.75 Å².